The van der Waals surface area contributed by atoms with Crippen LogP contribution >= 0.6 is 27.5 Å². The number of halogens is 2. The predicted molar refractivity (Wildman–Crippen MR) is 78.3 cm³/mol. The van der Waals surface area contributed by atoms with Crippen LogP contribution in [0.3, 0.4) is 0 Å². The molecule has 0 spiro atoms. The van der Waals surface area contributed by atoms with E-state index in [2.05, 4.69) is 20.9 Å². The lowest BCUT2D eigenvalue weighted by atomic mass is 10.1. The summed E-state index contributed by atoms with van der Waals surface area (Å²) in [6.45, 7) is 0.725. The van der Waals surface area contributed by atoms with Gasteiger partial charge in [-0.1, -0.05) is 33.6 Å². The Morgan fingerprint density at radius 2 is 2.21 bits per heavy atom. The van der Waals surface area contributed by atoms with Crippen LogP contribution < -0.4 is 5.73 Å². The summed E-state index contributed by atoms with van der Waals surface area (Å²) in [4.78, 5) is 17.6. The van der Waals surface area contributed by atoms with Crippen LogP contribution in [0, 0.1) is 5.92 Å². The van der Waals surface area contributed by atoms with Crippen molar-refractivity contribution in [3.63, 3.8) is 0 Å². The van der Waals surface area contributed by atoms with E-state index < -0.39 is 0 Å². The molecular formula is C13H13BrClN3O. The van der Waals surface area contributed by atoms with Gasteiger partial charge in [0.05, 0.1) is 0 Å². The van der Waals surface area contributed by atoms with E-state index in [0.29, 0.717) is 16.8 Å². The zero-order valence-electron chi connectivity index (χ0n) is 10.1. The Hall–Kier alpha value is -1.07. The molecule has 2 amide bonds. The van der Waals surface area contributed by atoms with Gasteiger partial charge >= 0.3 is 6.03 Å². The Morgan fingerprint density at radius 1 is 1.47 bits per heavy atom. The van der Waals surface area contributed by atoms with Gasteiger partial charge in [0.1, 0.15) is 11.9 Å². The van der Waals surface area contributed by atoms with E-state index in [1.54, 1.807) is 11.0 Å². The van der Waals surface area contributed by atoms with Crippen molar-refractivity contribution in [2.45, 2.75) is 18.9 Å². The fourth-order valence-corrected chi connectivity index (χ4v) is 3.22. The van der Waals surface area contributed by atoms with E-state index in [9.17, 15) is 4.79 Å². The first kappa shape index (κ1) is 12.9. The normalized spacial score (nSPS) is 22.8. The van der Waals surface area contributed by atoms with E-state index in [0.717, 1.165) is 16.6 Å². The first-order chi connectivity index (χ1) is 9.06. The van der Waals surface area contributed by atoms with Crippen LogP contribution in [0.25, 0.3) is 0 Å². The Labute approximate surface area is 124 Å². The molecule has 0 saturated heterocycles. The third-order valence-electron chi connectivity index (χ3n) is 3.47. The summed E-state index contributed by atoms with van der Waals surface area (Å²) in [5, 5.41) is 0.643. The molecule has 1 atom stereocenters. The molecule has 2 aliphatic rings. The van der Waals surface area contributed by atoms with Gasteiger partial charge < -0.3 is 10.6 Å². The minimum atomic E-state index is -0.278. The van der Waals surface area contributed by atoms with Crippen LogP contribution in [0.4, 0.5) is 4.79 Å². The average Bonchev–Trinajstić information content (AvgIpc) is 3.09. The number of hydrogen-bond acceptors (Lipinski definition) is 2. The lowest BCUT2D eigenvalue weighted by Crippen LogP contribution is -2.35. The summed E-state index contributed by atoms with van der Waals surface area (Å²) < 4.78 is 0.846. The molecule has 100 valence electrons. The Kier molecular flexibility index (Phi) is 3.27. The third kappa shape index (κ3) is 2.49. The zero-order valence-corrected chi connectivity index (χ0v) is 12.5. The number of nitrogens with two attached hydrogens (primary N) is 1. The number of aliphatic imine (C=N–C) groups is 1. The van der Waals surface area contributed by atoms with Crippen LogP contribution in [0.2, 0.25) is 5.02 Å². The quantitative estimate of drug-likeness (QED) is 0.916. The molecule has 1 saturated carbocycles. The maximum Gasteiger partial charge on any atom is 0.346 e. The summed E-state index contributed by atoms with van der Waals surface area (Å²) in [5.41, 5.74) is 6.86. The molecule has 1 aliphatic heterocycles. The lowest BCUT2D eigenvalue weighted by molar-refractivity contribution is 0.203. The predicted octanol–water partition coefficient (Wildman–Crippen LogP) is 3.35. The summed E-state index contributed by atoms with van der Waals surface area (Å²) >= 11 is 9.43. The van der Waals surface area contributed by atoms with Crippen molar-refractivity contribution in [3.05, 3.63) is 33.3 Å². The molecule has 1 aromatic rings. The highest BCUT2D eigenvalue weighted by atomic mass is 79.9. The van der Waals surface area contributed by atoms with Crippen LogP contribution in [0.5, 0.6) is 0 Å². The number of amides is 2. The number of amidine groups is 1. The minimum Gasteiger partial charge on any atom is -0.385 e. The smallest absolute Gasteiger partial charge is 0.346 e. The molecule has 4 nitrogen and oxygen atoms in total. The van der Waals surface area contributed by atoms with Crippen LogP contribution in [0.1, 0.15) is 24.4 Å². The van der Waals surface area contributed by atoms with E-state index in [4.69, 9.17) is 17.3 Å². The molecule has 19 heavy (non-hydrogen) atoms. The van der Waals surface area contributed by atoms with Gasteiger partial charge in [-0.25, -0.2) is 4.79 Å². The van der Waals surface area contributed by atoms with E-state index in [-0.39, 0.29) is 12.1 Å². The number of rotatable bonds is 3. The van der Waals surface area contributed by atoms with Crippen LogP contribution in [0.15, 0.2) is 27.7 Å². The van der Waals surface area contributed by atoms with Crippen molar-refractivity contribution in [1.29, 1.82) is 0 Å². The maximum absolute atomic E-state index is 11.9. The molecule has 2 N–H and O–H groups in total. The first-order valence-corrected chi connectivity index (χ1v) is 7.33. The minimum absolute atomic E-state index is 0.240. The highest BCUT2D eigenvalue weighted by Crippen LogP contribution is 2.37. The highest BCUT2D eigenvalue weighted by molar-refractivity contribution is 9.10. The van der Waals surface area contributed by atoms with Crippen molar-refractivity contribution in [2.24, 2.45) is 16.6 Å². The van der Waals surface area contributed by atoms with Gasteiger partial charge in [-0.05, 0) is 36.5 Å². The molecule has 1 heterocycles. The number of carbonyl (C=O) groups excluding carboxylic acids is 1. The summed E-state index contributed by atoms with van der Waals surface area (Å²) in [6.07, 6.45) is 2.36. The molecule has 3 rings (SSSR count). The number of benzene rings is 1. The van der Waals surface area contributed by atoms with Crippen molar-refractivity contribution in [1.82, 2.24) is 4.90 Å². The van der Waals surface area contributed by atoms with Gasteiger partial charge in [0, 0.05) is 16.0 Å². The van der Waals surface area contributed by atoms with Gasteiger partial charge in [-0.3, -0.25) is 0 Å². The fourth-order valence-electron chi connectivity index (χ4n) is 2.32. The molecule has 1 unspecified atom stereocenters. The Morgan fingerprint density at radius 3 is 2.84 bits per heavy atom. The Bertz CT molecular complexity index is 571. The van der Waals surface area contributed by atoms with Gasteiger partial charge in [0.15, 0.2) is 0 Å². The maximum atomic E-state index is 11.9. The topological polar surface area (TPSA) is 58.7 Å². The number of urea groups is 1. The van der Waals surface area contributed by atoms with Crippen LogP contribution in [-0.4, -0.2) is 23.3 Å². The molecule has 0 radical (unpaired) electrons. The van der Waals surface area contributed by atoms with Gasteiger partial charge in [-0.15, -0.1) is 0 Å². The average molecular weight is 343 g/mol. The van der Waals surface area contributed by atoms with Crippen molar-refractivity contribution >= 4 is 39.4 Å². The fraction of sp³-hybridized carbons (Fsp3) is 0.385. The standard InChI is InChI=1S/C13H13BrClN3O/c14-10-5-8(15)3-4-9(10)11-12(16)17-13(19)18(11)6-7-1-2-7/h3-5,7,11H,1-2,6H2,(H2,16,17,19). The van der Waals surface area contributed by atoms with Gasteiger partial charge in [0.2, 0.25) is 0 Å². The lowest BCUT2D eigenvalue weighted by Gasteiger charge is -2.25. The van der Waals surface area contributed by atoms with E-state index >= 15 is 0 Å². The van der Waals surface area contributed by atoms with E-state index in [1.807, 2.05) is 12.1 Å². The SMILES string of the molecule is NC1=NC(=O)N(CC2CC2)C1c1ccc(Cl)cc1Br. The number of hydrogen-bond donors (Lipinski definition) is 1. The first-order valence-electron chi connectivity index (χ1n) is 6.16. The molecule has 0 aromatic heterocycles. The van der Waals surface area contributed by atoms with Crippen molar-refractivity contribution in [2.75, 3.05) is 6.54 Å². The monoisotopic (exact) mass is 341 g/mol. The van der Waals surface area contributed by atoms with Gasteiger partial charge in [0.25, 0.3) is 0 Å². The highest BCUT2D eigenvalue weighted by Gasteiger charge is 2.38. The molecule has 1 aromatic carbocycles. The van der Waals surface area contributed by atoms with E-state index in [1.165, 1.54) is 12.8 Å². The van der Waals surface area contributed by atoms with Crippen molar-refractivity contribution in [3.8, 4) is 0 Å². The zero-order chi connectivity index (χ0) is 13.6. The molecule has 1 aliphatic carbocycles. The number of nitrogens with zero attached hydrogens (tertiary/aromatic N) is 2. The molecule has 6 heteroatoms. The second-order valence-corrected chi connectivity index (χ2v) is 6.27. The Balaban J connectivity index is 1.95. The second kappa shape index (κ2) is 4.80. The largest absolute Gasteiger partial charge is 0.385 e. The summed E-state index contributed by atoms with van der Waals surface area (Å²) in [7, 11) is 0. The van der Waals surface area contributed by atoms with Crippen molar-refractivity contribution < 1.29 is 4.79 Å². The molecular weight excluding hydrogens is 330 g/mol. The number of carbonyl (C=O) groups is 1. The molecule has 1 fully saturated rings. The summed E-state index contributed by atoms with van der Waals surface area (Å²) in [6, 6.07) is 4.98. The van der Waals surface area contributed by atoms with Crippen LogP contribution in [-0.2, 0) is 0 Å². The second-order valence-electron chi connectivity index (χ2n) is 4.98. The van der Waals surface area contributed by atoms with Gasteiger partial charge in [-0.2, -0.15) is 4.99 Å². The third-order valence-corrected chi connectivity index (χ3v) is 4.39. The summed E-state index contributed by atoms with van der Waals surface area (Å²) in [5.74, 6) is 0.951. The molecule has 0 bridgehead atoms.